The minimum atomic E-state index is 0.170. The van der Waals surface area contributed by atoms with Gasteiger partial charge in [-0.25, -0.2) is 0 Å². The Morgan fingerprint density at radius 1 is 1.26 bits per heavy atom. The minimum Gasteiger partial charge on any atom is -0.382 e. The van der Waals surface area contributed by atoms with Crippen molar-refractivity contribution in [3.63, 3.8) is 0 Å². The molecule has 1 aromatic carbocycles. The molecule has 4 nitrogen and oxygen atoms in total. The van der Waals surface area contributed by atoms with E-state index in [9.17, 15) is 0 Å². The molecule has 0 saturated carbocycles. The standard InChI is InChI=1S/C15H21N3O/c1-11(19-2)9-14(18-16)10-13-8-7-12-5-3-4-6-15(12)17-13/h3-8,11,14,18H,9-10,16H2,1-2H3. The van der Waals surface area contributed by atoms with Crippen LogP contribution in [-0.2, 0) is 11.2 Å². The van der Waals surface area contributed by atoms with Crippen LogP contribution < -0.4 is 11.3 Å². The monoisotopic (exact) mass is 259 g/mol. The molecule has 0 saturated heterocycles. The third-order valence-corrected chi connectivity index (χ3v) is 3.37. The summed E-state index contributed by atoms with van der Waals surface area (Å²) in [6.07, 6.45) is 1.85. The lowest BCUT2D eigenvalue weighted by molar-refractivity contribution is 0.100. The van der Waals surface area contributed by atoms with Crippen molar-refractivity contribution in [2.75, 3.05) is 7.11 Å². The SMILES string of the molecule is COC(C)CC(Cc1ccc2ccccc2n1)NN. The second kappa shape index (κ2) is 6.61. The molecule has 0 bridgehead atoms. The number of para-hydroxylation sites is 1. The summed E-state index contributed by atoms with van der Waals surface area (Å²) < 4.78 is 5.27. The summed E-state index contributed by atoms with van der Waals surface area (Å²) in [5, 5.41) is 1.16. The molecule has 102 valence electrons. The molecule has 0 aliphatic heterocycles. The van der Waals surface area contributed by atoms with E-state index < -0.39 is 0 Å². The number of hydrazine groups is 1. The van der Waals surface area contributed by atoms with Gasteiger partial charge in [-0.1, -0.05) is 24.3 Å². The molecule has 0 aliphatic carbocycles. The van der Waals surface area contributed by atoms with E-state index in [0.29, 0.717) is 0 Å². The fourth-order valence-electron chi connectivity index (χ4n) is 2.18. The number of hydrogen-bond donors (Lipinski definition) is 2. The number of ether oxygens (including phenoxy) is 1. The van der Waals surface area contributed by atoms with E-state index >= 15 is 0 Å². The number of nitrogens with one attached hydrogen (secondary N) is 1. The van der Waals surface area contributed by atoms with Gasteiger partial charge in [-0.2, -0.15) is 0 Å². The van der Waals surface area contributed by atoms with Crippen molar-refractivity contribution >= 4 is 10.9 Å². The van der Waals surface area contributed by atoms with E-state index in [2.05, 4.69) is 28.6 Å². The van der Waals surface area contributed by atoms with Crippen molar-refractivity contribution < 1.29 is 4.74 Å². The number of benzene rings is 1. The Balaban J connectivity index is 2.10. The lowest BCUT2D eigenvalue weighted by Gasteiger charge is -2.19. The first-order chi connectivity index (χ1) is 9.22. The van der Waals surface area contributed by atoms with E-state index in [1.165, 1.54) is 0 Å². The fraction of sp³-hybridized carbons (Fsp3) is 0.400. The first kappa shape index (κ1) is 13.9. The van der Waals surface area contributed by atoms with Gasteiger partial charge in [0.2, 0.25) is 0 Å². The normalized spacial score (nSPS) is 14.5. The van der Waals surface area contributed by atoms with Crippen LogP contribution in [0, 0.1) is 0 Å². The van der Waals surface area contributed by atoms with Gasteiger partial charge in [-0.3, -0.25) is 16.3 Å². The highest BCUT2D eigenvalue weighted by atomic mass is 16.5. The van der Waals surface area contributed by atoms with Crippen molar-refractivity contribution in [3.8, 4) is 0 Å². The second-order valence-electron chi connectivity index (χ2n) is 4.85. The van der Waals surface area contributed by atoms with Crippen LogP contribution in [0.15, 0.2) is 36.4 Å². The Morgan fingerprint density at radius 2 is 2.05 bits per heavy atom. The van der Waals surface area contributed by atoms with Gasteiger partial charge < -0.3 is 4.74 Å². The average Bonchev–Trinajstić information content (AvgIpc) is 2.46. The van der Waals surface area contributed by atoms with Gasteiger partial charge in [0.05, 0.1) is 11.6 Å². The summed E-state index contributed by atoms with van der Waals surface area (Å²) in [5.41, 5.74) is 4.91. The summed E-state index contributed by atoms with van der Waals surface area (Å²) >= 11 is 0. The van der Waals surface area contributed by atoms with Crippen molar-refractivity contribution in [2.45, 2.75) is 31.9 Å². The quantitative estimate of drug-likeness (QED) is 0.615. The molecule has 3 N–H and O–H groups in total. The molecular weight excluding hydrogens is 238 g/mol. The maximum absolute atomic E-state index is 5.60. The van der Waals surface area contributed by atoms with Gasteiger partial charge in [0.15, 0.2) is 0 Å². The first-order valence-corrected chi connectivity index (χ1v) is 6.56. The smallest absolute Gasteiger partial charge is 0.0705 e. The van der Waals surface area contributed by atoms with Crippen LogP contribution in [0.4, 0.5) is 0 Å². The van der Waals surface area contributed by atoms with Crippen molar-refractivity contribution in [2.24, 2.45) is 5.84 Å². The summed E-state index contributed by atoms with van der Waals surface area (Å²) in [7, 11) is 1.71. The van der Waals surface area contributed by atoms with Crippen molar-refractivity contribution in [1.82, 2.24) is 10.4 Å². The summed E-state index contributed by atoms with van der Waals surface area (Å²) in [4.78, 5) is 4.66. The molecule has 2 atom stereocenters. The predicted octanol–water partition coefficient (Wildman–Crippen LogP) is 2.03. The molecule has 0 fully saturated rings. The number of nitrogens with zero attached hydrogens (tertiary/aromatic N) is 1. The molecule has 19 heavy (non-hydrogen) atoms. The third kappa shape index (κ3) is 3.73. The number of methoxy groups -OCH3 is 1. The number of hydrogen-bond acceptors (Lipinski definition) is 4. The number of aromatic nitrogens is 1. The molecule has 0 radical (unpaired) electrons. The zero-order valence-corrected chi connectivity index (χ0v) is 11.5. The van der Waals surface area contributed by atoms with Gasteiger partial charge in [0.25, 0.3) is 0 Å². The maximum Gasteiger partial charge on any atom is 0.0705 e. The largest absolute Gasteiger partial charge is 0.382 e. The Hall–Kier alpha value is -1.49. The molecule has 2 aromatic rings. The van der Waals surface area contributed by atoms with Crippen LogP contribution in [0.3, 0.4) is 0 Å². The van der Waals surface area contributed by atoms with Crippen molar-refractivity contribution in [3.05, 3.63) is 42.1 Å². The van der Waals surface area contributed by atoms with Gasteiger partial charge in [-0.05, 0) is 25.5 Å². The maximum atomic E-state index is 5.60. The van der Waals surface area contributed by atoms with E-state index in [1.807, 2.05) is 25.1 Å². The number of rotatable bonds is 6. The summed E-state index contributed by atoms with van der Waals surface area (Å²) in [5.74, 6) is 5.60. The van der Waals surface area contributed by atoms with E-state index in [1.54, 1.807) is 7.11 Å². The first-order valence-electron chi connectivity index (χ1n) is 6.56. The van der Waals surface area contributed by atoms with Crippen LogP contribution in [0.1, 0.15) is 19.0 Å². The van der Waals surface area contributed by atoms with Gasteiger partial charge >= 0.3 is 0 Å². The van der Waals surface area contributed by atoms with Crippen LogP contribution in [-0.4, -0.2) is 24.2 Å². The van der Waals surface area contributed by atoms with Crippen LogP contribution in [0.25, 0.3) is 10.9 Å². The topological polar surface area (TPSA) is 60.2 Å². The van der Waals surface area contributed by atoms with Crippen LogP contribution in [0.5, 0.6) is 0 Å². The Morgan fingerprint density at radius 3 is 2.79 bits per heavy atom. The summed E-state index contributed by atoms with van der Waals surface area (Å²) in [6, 6.07) is 12.5. The molecular formula is C15H21N3O. The molecule has 2 rings (SSSR count). The van der Waals surface area contributed by atoms with E-state index in [-0.39, 0.29) is 12.1 Å². The fourth-order valence-corrected chi connectivity index (χ4v) is 2.18. The number of pyridine rings is 1. The van der Waals surface area contributed by atoms with Gasteiger partial charge in [-0.15, -0.1) is 0 Å². The zero-order valence-electron chi connectivity index (χ0n) is 11.5. The molecule has 4 heteroatoms. The zero-order chi connectivity index (χ0) is 13.7. The molecule has 0 amide bonds. The molecule has 0 aliphatic rings. The summed E-state index contributed by atoms with van der Waals surface area (Å²) in [6.45, 7) is 2.04. The highest BCUT2D eigenvalue weighted by Gasteiger charge is 2.13. The number of fused-ring (bicyclic) bond motifs is 1. The highest BCUT2D eigenvalue weighted by molar-refractivity contribution is 5.78. The average molecular weight is 259 g/mol. The molecule has 1 heterocycles. The number of nitrogens with two attached hydrogens (primary N) is 1. The van der Waals surface area contributed by atoms with E-state index in [4.69, 9.17) is 10.6 Å². The van der Waals surface area contributed by atoms with Crippen molar-refractivity contribution in [1.29, 1.82) is 0 Å². The Kier molecular flexibility index (Phi) is 4.85. The third-order valence-electron chi connectivity index (χ3n) is 3.37. The lowest BCUT2D eigenvalue weighted by Crippen LogP contribution is -2.39. The molecule has 2 unspecified atom stereocenters. The lowest BCUT2D eigenvalue weighted by atomic mass is 10.0. The Bertz CT molecular complexity index is 530. The van der Waals surface area contributed by atoms with E-state index in [0.717, 1.165) is 29.4 Å². The minimum absolute atomic E-state index is 0.170. The van der Waals surface area contributed by atoms with Gasteiger partial charge in [0.1, 0.15) is 0 Å². The highest BCUT2D eigenvalue weighted by Crippen LogP contribution is 2.14. The predicted molar refractivity (Wildman–Crippen MR) is 77.6 cm³/mol. The molecule has 1 aromatic heterocycles. The second-order valence-corrected chi connectivity index (χ2v) is 4.85. The van der Waals surface area contributed by atoms with Crippen LogP contribution >= 0.6 is 0 Å². The molecule has 0 spiro atoms. The Labute approximate surface area is 113 Å². The van der Waals surface area contributed by atoms with Gasteiger partial charge in [0, 0.05) is 30.7 Å². The van der Waals surface area contributed by atoms with Crippen LogP contribution in [0.2, 0.25) is 0 Å².